The zero-order valence-electron chi connectivity index (χ0n) is 18.9. The molecular formula is C28H38O2. The number of unbranched alkanes of at least 4 members (excludes halogenated alkanes) is 4. The fourth-order valence-electron chi connectivity index (χ4n) is 3.49. The van der Waals surface area contributed by atoms with E-state index >= 15 is 0 Å². The van der Waals surface area contributed by atoms with Gasteiger partial charge in [0.2, 0.25) is 0 Å². The summed E-state index contributed by atoms with van der Waals surface area (Å²) in [5, 5.41) is 0. The monoisotopic (exact) mass is 406 g/mol. The Labute approximate surface area is 183 Å². The highest BCUT2D eigenvalue weighted by Crippen LogP contribution is 2.35. The average Bonchev–Trinajstić information content (AvgIpc) is 2.76. The van der Waals surface area contributed by atoms with E-state index in [9.17, 15) is 0 Å². The summed E-state index contributed by atoms with van der Waals surface area (Å²) in [6, 6.07) is 12.9. The zero-order chi connectivity index (χ0) is 21.6. The summed E-state index contributed by atoms with van der Waals surface area (Å²) in [6.07, 6.45) is 12.5. The van der Waals surface area contributed by atoms with Crippen molar-refractivity contribution in [2.45, 2.75) is 65.2 Å². The maximum Gasteiger partial charge on any atom is 0.127 e. The van der Waals surface area contributed by atoms with E-state index in [1.165, 1.54) is 36.8 Å². The number of allylic oxidation sites excluding steroid dienone is 2. The molecule has 162 valence electrons. The van der Waals surface area contributed by atoms with Crippen LogP contribution >= 0.6 is 0 Å². The second kappa shape index (κ2) is 13.7. The minimum atomic E-state index is 0.750. The normalized spacial score (nSPS) is 10.6. The van der Waals surface area contributed by atoms with E-state index in [-0.39, 0.29) is 0 Å². The van der Waals surface area contributed by atoms with Gasteiger partial charge in [0.25, 0.3) is 0 Å². The Morgan fingerprint density at radius 3 is 2.00 bits per heavy atom. The van der Waals surface area contributed by atoms with Crippen LogP contribution in [0.3, 0.4) is 0 Å². The molecule has 0 atom stereocenters. The molecule has 2 heteroatoms. The van der Waals surface area contributed by atoms with E-state index in [0.29, 0.717) is 0 Å². The Bertz CT molecular complexity index is 791. The lowest BCUT2D eigenvalue weighted by Crippen LogP contribution is -2.01. The Hall–Kier alpha value is -2.48. The summed E-state index contributed by atoms with van der Waals surface area (Å²) < 4.78 is 12.2. The Balaban J connectivity index is 2.31. The molecule has 2 rings (SSSR count). The smallest absolute Gasteiger partial charge is 0.127 e. The van der Waals surface area contributed by atoms with Gasteiger partial charge in [0.15, 0.2) is 0 Å². The van der Waals surface area contributed by atoms with Crippen LogP contribution in [0.15, 0.2) is 61.7 Å². The van der Waals surface area contributed by atoms with Gasteiger partial charge in [0.1, 0.15) is 11.5 Å². The SMILES string of the molecule is C=CCc1ccc(OCCCCC)c(-c2ccc(OCCCCC)c(CC=C)c2)c1. The highest BCUT2D eigenvalue weighted by Gasteiger charge is 2.11. The molecule has 0 fully saturated rings. The van der Waals surface area contributed by atoms with Gasteiger partial charge in [-0.15, -0.1) is 13.2 Å². The number of benzene rings is 2. The lowest BCUT2D eigenvalue weighted by molar-refractivity contribution is 0.303. The van der Waals surface area contributed by atoms with Gasteiger partial charge in [-0.1, -0.05) is 63.8 Å². The molecule has 30 heavy (non-hydrogen) atoms. The molecule has 2 aromatic rings. The molecule has 0 spiro atoms. The molecule has 0 aliphatic carbocycles. The number of ether oxygens (including phenoxy) is 2. The van der Waals surface area contributed by atoms with Gasteiger partial charge in [-0.05, 0) is 66.6 Å². The molecule has 0 bridgehead atoms. The molecule has 0 heterocycles. The topological polar surface area (TPSA) is 18.5 Å². The van der Waals surface area contributed by atoms with Crippen molar-refractivity contribution in [3.8, 4) is 22.6 Å². The second-order valence-corrected chi connectivity index (χ2v) is 7.75. The predicted molar refractivity (Wildman–Crippen MR) is 130 cm³/mol. The Morgan fingerprint density at radius 1 is 0.733 bits per heavy atom. The van der Waals surface area contributed by atoms with Crippen molar-refractivity contribution < 1.29 is 9.47 Å². The van der Waals surface area contributed by atoms with Crippen molar-refractivity contribution >= 4 is 0 Å². The molecule has 0 amide bonds. The van der Waals surface area contributed by atoms with Crippen LogP contribution in [0.25, 0.3) is 11.1 Å². The molecule has 0 saturated heterocycles. The summed E-state index contributed by atoms with van der Waals surface area (Å²) in [5.41, 5.74) is 4.70. The maximum atomic E-state index is 6.17. The van der Waals surface area contributed by atoms with Crippen molar-refractivity contribution in [3.05, 3.63) is 72.8 Å². The highest BCUT2D eigenvalue weighted by atomic mass is 16.5. The van der Waals surface area contributed by atoms with Gasteiger partial charge in [-0.25, -0.2) is 0 Å². The van der Waals surface area contributed by atoms with Gasteiger partial charge >= 0.3 is 0 Å². The molecule has 0 aromatic heterocycles. The fourth-order valence-corrected chi connectivity index (χ4v) is 3.49. The molecule has 0 N–H and O–H groups in total. The lowest BCUT2D eigenvalue weighted by atomic mass is 9.97. The standard InChI is InChI=1S/C28H38O2/c1-5-9-11-19-29-27-18-16-24(22-25(27)14-8-4)26-21-23(13-7-3)15-17-28(26)30-20-12-10-6-2/h7-8,15-18,21-22H,3-6,9-14,19-20H2,1-2H3. The quantitative estimate of drug-likeness (QED) is 0.221. The molecule has 2 aromatic carbocycles. The van der Waals surface area contributed by atoms with Crippen LogP contribution in [0.5, 0.6) is 11.5 Å². The second-order valence-electron chi connectivity index (χ2n) is 7.75. The molecule has 0 aliphatic rings. The van der Waals surface area contributed by atoms with E-state index in [1.54, 1.807) is 0 Å². The summed E-state index contributed by atoms with van der Waals surface area (Å²) in [5.74, 6) is 1.91. The van der Waals surface area contributed by atoms with Gasteiger partial charge in [-0.3, -0.25) is 0 Å². The third kappa shape index (κ3) is 7.40. The van der Waals surface area contributed by atoms with Crippen LogP contribution in [0.2, 0.25) is 0 Å². The third-order valence-corrected chi connectivity index (χ3v) is 5.17. The molecule has 0 radical (unpaired) electrons. The highest BCUT2D eigenvalue weighted by molar-refractivity contribution is 5.73. The van der Waals surface area contributed by atoms with Crippen LogP contribution in [0.1, 0.15) is 63.5 Å². The van der Waals surface area contributed by atoms with Crippen LogP contribution in [0.4, 0.5) is 0 Å². The van der Waals surface area contributed by atoms with Crippen molar-refractivity contribution in [1.82, 2.24) is 0 Å². The summed E-state index contributed by atoms with van der Waals surface area (Å²) >= 11 is 0. The fraction of sp³-hybridized carbons (Fsp3) is 0.429. The van der Waals surface area contributed by atoms with E-state index in [0.717, 1.165) is 61.5 Å². The molecule has 0 unspecified atom stereocenters. The summed E-state index contributed by atoms with van der Waals surface area (Å²) in [4.78, 5) is 0. The minimum Gasteiger partial charge on any atom is -0.493 e. The first kappa shape index (κ1) is 23.8. The summed E-state index contributed by atoms with van der Waals surface area (Å²) in [6.45, 7) is 13.7. The summed E-state index contributed by atoms with van der Waals surface area (Å²) in [7, 11) is 0. The minimum absolute atomic E-state index is 0.750. The van der Waals surface area contributed by atoms with Gasteiger partial charge in [-0.2, -0.15) is 0 Å². The van der Waals surface area contributed by atoms with Crippen LogP contribution in [0, 0.1) is 0 Å². The lowest BCUT2D eigenvalue weighted by Gasteiger charge is -2.16. The first-order valence-electron chi connectivity index (χ1n) is 11.5. The van der Waals surface area contributed by atoms with E-state index in [1.807, 2.05) is 12.2 Å². The van der Waals surface area contributed by atoms with E-state index in [4.69, 9.17) is 9.47 Å². The average molecular weight is 407 g/mol. The predicted octanol–water partition coefficient (Wildman–Crippen LogP) is 7.95. The van der Waals surface area contributed by atoms with Gasteiger partial charge in [0.05, 0.1) is 13.2 Å². The first-order valence-corrected chi connectivity index (χ1v) is 11.5. The van der Waals surface area contributed by atoms with Crippen LogP contribution < -0.4 is 9.47 Å². The molecular weight excluding hydrogens is 368 g/mol. The molecule has 2 nitrogen and oxygen atoms in total. The van der Waals surface area contributed by atoms with Crippen molar-refractivity contribution in [2.24, 2.45) is 0 Å². The first-order chi connectivity index (χ1) is 14.7. The zero-order valence-corrected chi connectivity index (χ0v) is 18.9. The van der Waals surface area contributed by atoms with Crippen LogP contribution in [-0.4, -0.2) is 13.2 Å². The van der Waals surface area contributed by atoms with Crippen molar-refractivity contribution in [2.75, 3.05) is 13.2 Å². The number of rotatable bonds is 15. The largest absolute Gasteiger partial charge is 0.493 e. The maximum absolute atomic E-state index is 6.17. The Kier molecular flexibility index (Phi) is 10.9. The van der Waals surface area contributed by atoms with Crippen molar-refractivity contribution in [3.63, 3.8) is 0 Å². The molecule has 0 aliphatic heterocycles. The van der Waals surface area contributed by atoms with Crippen LogP contribution in [-0.2, 0) is 12.8 Å². The number of hydrogen-bond acceptors (Lipinski definition) is 2. The van der Waals surface area contributed by atoms with Crippen molar-refractivity contribution in [1.29, 1.82) is 0 Å². The number of hydrogen-bond donors (Lipinski definition) is 0. The Morgan fingerprint density at radius 2 is 1.37 bits per heavy atom. The van der Waals surface area contributed by atoms with E-state index < -0.39 is 0 Å². The van der Waals surface area contributed by atoms with Gasteiger partial charge < -0.3 is 9.47 Å². The third-order valence-electron chi connectivity index (χ3n) is 5.17. The van der Waals surface area contributed by atoms with E-state index in [2.05, 4.69) is 63.4 Å². The molecule has 0 saturated carbocycles. The van der Waals surface area contributed by atoms with Gasteiger partial charge in [0, 0.05) is 5.56 Å².